The summed E-state index contributed by atoms with van der Waals surface area (Å²) in [5.41, 5.74) is 1.77. The molecule has 0 saturated carbocycles. The van der Waals surface area contributed by atoms with E-state index in [1.165, 1.54) is 0 Å². The van der Waals surface area contributed by atoms with Gasteiger partial charge in [0.25, 0.3) is 5.91 Å². The number of carbonyl (C=O) groups excluding carboxylic acids is 2. The smallest absolute Gasteiger partial charge is 0.408 e. The number of aryl methyl sites for hydroxylation is 1. The number of hydrogen-bond acceptors (Lipinski definition) is 6. The Labute approximate surface area is 217 Å². The number of benzene rings is 2. The number of rotatable bonds is 6. The predicted molar refractivity (Wildman–Crippen MR) is 142 cm³/mol. The number of nitrogens with zero attached hydrogens (tertiary/aromatic N) is 4. The maximum absolute atomic E-state index is 13.7. The molecule has 1 aromatic heterocycles. The molecule has 9 nitrogen and oxygen atoms in total. The zero-order chi connectivity index (χ0) is 26.8. The lowest BCUT2D eigenvalue weighted by Crippen LogP contribution is -2.55. The third-order valence-corrected chi connectivity index (χ3v) is 6.59. The molecule has 1 saturated heterocycles. The Morgan fingerprint density at radius 3 is 2.38 bits per heavy atom. The number of likely N-dealkylation sites (tertiary alicyclic amines) is 1. The summed E-state index contributed by atoms with van der Waals surface area (Å²) in [6, 6.07) is 15.0. The topological polar surface area (TPSA) is 112 Å². The summed E-state index contributed by atoms with van der Waals surface area (Å²) in [4.78, 5) is 33.1. The van der Waals surface area contributed by atoms with Crippen LogP contribution in [0.1, 0.15) is 57.5 Å². The standard InChI is InChI=1S/C28H34N6O3/c1-27(2,3)37-26(36)32-28(4,25(35)34-14-6-7-15-34)20-10-13-23-22(16-20)31-24(33(23)5)18-30-21-11-8-19(17-29)9-12-21/h8-13,16,30H,6-7,14-15,18H2,1-5H3,(H,32,36). The van der Waals surface area contributed by atoms with Gasteiger partial charge in [-0.3, -0.25) is 4.79 Å². The number of anilines is 1. The van der Waals surface area contributed by atoms with Crippen LogP contribution < -0.4 is 10.6 Å². The minimum absolute atomic E-state index is 0.158. The van der Waals surface area contributed by atoms with Gasteiger partial charge in [-0.05, 0) is 82.5 Å². The lowest BCUT2D eigenvalue weighted by Gasteiger charge is -2.34. The second kappa shape index (κ2) is 10.1. The van der Waals surface area contributed by atoms with E-state index in [0.717, 1.165) is 35.4 Å². The summed E-state index contributed by atoms with van der Waals surface area (Å²) in [5, 5.41) is 15.2. The van der Waals surface area contributed by atoms with Gasteiger partial charge in [0.1, 0.15) is 17.0 Å². The number of ether oxygens (including phenoxy) is 1. The minimum atomic E-state index is -1.31. The van der Waals surface area contributed by atoms with Gasteiger partial charge < -0.3 is 24.8 Å². The summed E-state index contributed by atoms with van der Waals surface area (Å²) < 4.78 is 7.50. The Bertz CT molecular complexity index is 1340. The highest BCUT2D eigenvalue weighted by Gasteiger charge is 2.42. The van der Waals surface area contributed by atoms with Gasteiger partial charge in [0.15, 0.2) is 0 Å². The zero-order valence-electron chi connectivity index (χ0n) is 22.1. The molecule has 0 radical (unpaired) electrons. The highest BCUT2D eigenvalue weighted by atomic mass is 16.6. The number of nitriles is 1. The molecule has 9 heteroatoms. The monoisotopic (exact) mass is 502 g/mol. The molecule has 1 fully saturated rings. The fraction of sp³-hybridized carbons (Fsp3) is 0.429. The molecule has 37 heavy (non-hydrogen) atoms. The number of carbonyl (C=O) groups is 2. The fourth-order valence-corrected chi connectivity index (χ4v) is 4.56. The van der Waals surface area contributed by atoms with Crippen LogP contribution in [0.15, 0.2) is 42.5 Å². The van der Waals surface area contributed by atoms with Crippen LogP contribution in [0.4, 0.5) is 10.5 Å². The van der Waals surface area contributed by atoms with Crippen molar-refractivity contribution in [1.29, 1.82) is 5.26 Å². The van der Waals surface area contributed by atoms with E-state index < -0.39 is 17.2 Å². The van der Waals surface area contributed by atoms with E-state index in [0.29, 0.717) is 30.8 Å². The number of amides is 2. The molecule has 0 aliphatic carbocycles. The SMILES string of the molecule is Cn1c(CNc2ccc(C#N)cc2)nc2cc(C(C)(NC(=O)OC(C)(C)C)C(=O)N3CCCC3)ccc21. The molecule has 0 bridgehead atoms. The fourth-order valence-electron chi connectivity index (χ4n) is 4.56. The first kappa shape index (κ1) is 26.0. The van der Waals surface area contributed by atoms with Crippen molar-refractivity contribution >= 4 is 28.7 Å². The van der Waals surface area contributed by atoms with E-state index in [4.69, 9.17) is 15.0 Å². The largest absolute Gasteiger partial charge is 0.444 e. The molecular formula is C28H34N6O3. The Balaban J connectivity index is 1.63. The molecule has 4 rings (SSSR count). The van der Waals surface area contributed by atoms with E-state index in [1.807, 2.05) is 41.9 Å². The van der Waals surface area contributed by atoms with E-state index >= 15 is 0 Å². The Morgan fingerprint density at radius 2 is 1.76 bits per heavy atom. The molecule has 1 aliphatic rings. The molecule has 1 atom stereocenters. The van der Waals surface area contributed by atoms with Gasteiger partial charge in [0.05, 0.1) is 29.2 Å². The number of hydrogen-bond donors (Lipinski definition) is 2. The molecule has 2 aromatic carbocycles. The molecule has 2 N–H and O–H groups in total. The molecule has 1 unspecified atom stereocenters. The van der Waals surface area contributed by atoms with Crippen molar-refractivity contribution in [3.63, 3.8) is 0 Å². The van der Waals surface area contributed by atoms with Gasteiger partial charge in [-0.1, -0.05) is 6.07 Å². The average molecular weight is 503 g/mol. The summed E-state index contributed by atoms with van der Waals surface area (Å²) >= 11 is 0. The number of nitrogens with one attached hydrogen (secondary N) is 2. The second-order valence-electron chi connectivity index (χ2n) is 10.6. The van der Waals surface area contributed by atoms with Crippen LogP contribution in [-0.4, -0.2) is 45.1 Å². The van der Waals surface area contributed by atoms with Crippen LogP contribution in [0.3, 0.4) is 0 Å². The number of fused-ring (bicyclic) bond motifs is 1. The first-order chi connectivity index (χ1) is 17.5. The van der Waals surface area contributed by atoms with Gasteiger partial charge in [-0.25, -0.2) is 9.78 Å². The van der Waals surface area contributed by atoms with E-state index in [9.17, 15) is 9.59 Å². The van der Waals surface area contributed by atoms with Crippen molar-refractivity contribution < 1.29 is 14.3 Å². The molecule has 1 aliphatic heterocycles. The predicted octanol–water partition coefficient (Wildman–Crippen LogP) is 4.42. The number of alkyl carbamates (subject to hydrolysis) is 1. The maximum Gasteiger partial charge on any atom is 0.408 e. The normalized spacial score (nSPS) is 15.2. The first-order valence-corrected chi connectivity index (χ1v) is 12.5. The van der Waals surface area contributed by atoms with Crippen molar-refractivity contribution in [2.45, 2.75) is 58.2 Å². The molecule has 2 amide bonds. The quantitative estimate of drug-likeness (QED) is 0.516. The number of aromatic nitrogens is 2. The van der Waals surface area contributed by atoms with Crippen LogP contribution >= 0.6 is 0 Å². The van der Waals surface area contributed by atoms with Crippen LogP contribution in [0.2, 0.25) is 0 Å². The van der Waals surface area contributed by atoms with Gasteiger partial charge >= 0.3 is 6.09 Å². The molecule has 0 spiro atoms. The maximum atomic E-state index is 13.7. The van der Waals surface area contributed by atoms with Crippen molar-refractivity contribution in [2.75, 3.05) is 18.4 Å². The van der Waals surface area contributed by atoms with Crippen LogP contribution in [0.25, 0.3) is 11.0 Å². The average Bonchev–Trinajstić information content (AvgIpc) is 3.49. The highest BCUT2D eigenvalue weighted by molar-refractivity contribution is 5.92. The minimum Gasteiger partial charge on any atom is -0.444 e. The van der Waals surface area contributed by atoms with E-state index in [1.54, 1.807) is 44.7 Å². The Morgan fingerprint density at radius 1 is 1.08 bits per heavy atom. The van der Waals surface area contributed by atoms with Crippen molar-refractivity contribution in [2.24, 2.45) is 7.05 Å². The van der Waals surface area contributed by atoms with Crippen molar-refractivity contribution in [1.82, 2.24) is 19.8 Å². The van der Waals surface area contributed by atoms with Gasteiger partial charge in [0, 0.05) is 25.8 Å². The Kier molecular flexibility index (Phi) is 7.12. The summed E-state index contributed by atoms with van der Waals surface area (Å²) in [5.74, 6) is 0.651. The summed E-state index contributed by atoms with van der Waals surface area (Å²) in [6.07, 6.45) is 1.25. The molecule has 194 valence electrons. The number of imidazole rings is 1. The van der Waals surface area contributed by atoms with Crippen LogP contribution in [-0.2, 0) is 28.7 Å². The van der Waals surface area contributed by atoms with Gasteiger partial charge in [-0.2, -0.15) is 5.26 Å². The summed E-state index contributed by atoms with van der Waals surface area (Å²) in [7, 11) is 1.94. The lowest BCUT2D eigenvalue weighted by molar-refractivity contribution is -0.137. The van der Waals surface area contributed by atoms with Crippen molar-refractivity contribution in [3.05, 3.63) is 59.4 Å². The Hall–Kier alpha value is -4.06. The van der Waals surface area contributed by atoms with Gasteiger partial charge in [-0.15, -0.1) is 0 Å². The third kappa shape index (κ3) is 5.69. The molecular weight excluding hydrogens is 468 g/mol. The second-order valence-corrected chi connectivity index (χ2v) is 10.6. The molecule has 2 heterocycles. The third-order valence-electron chi connectivity index (χ3n) is 6.59. The van der Waals surface area contributed by atoms with Crippen molar-refractivity contribution in [3.8, 4) is 6.07 Å². The van der Waals surface area contributed by atoms with Crippen LogP contribution in [0, 0.1) is 11.3 Å². The zero-order valence-corrected chi connectivity index (χ0v) is 22.1. The first-order valence-electron chi connectivity index (χ1n) is 12.5. The lowest BCUT2D eigenvalue weighted by atomic mass is 9.90. The van der Waals surface area contributed by atoms with Gasteiger partial charge in [0.2, 0.25) is 0 Å². The molecule has 3 aromatic rings. The highest BCUT2D eigenvalue weighted by Crippen LogP contribution is 2.29. The van der Waals surface area contributed by atoms with E-state index in [2.05, 4.69) is 16.7 Å². The van der Waals surface area contributed by atoms with Crippen LogP contribution in [0.5, 0.6) is 0 Å². The summed E-state index contributed by atoms with van der Waals surface area (Å²) in [6.45, 7) is 8.92. The van der Waals surface area contributed by atoms with E-state index in [-0.39, 0.29) is 5.91 Å².